The normalized spacial score (nSPS) is 11.8. The zero-order valence-corrected chi connectivity index (χ0v) is 11.5. The molecule has 0 aliphatic heterocycles. The van der Waals surface area contributed by atoms with Gasteiger partial charge in [0.2, 0.25) is 0 Å². The molecule has 0 radical (unpaired) electrons. The summed E-state index contributed by atoms with van der Waals surface area (Å²) in [7, 11) is 0. The van der Waals surface area contributed by atoms with Gasteiger partial charge in [0.15, 0.2) is 0 Å². The lowest BCUT2D eigenvalue weighted by molar-refractivity contribution is -0.212. The van der Waals surface area contributed by atoms with E-state index in [1.807, 2.05) is 0 Å². The molecule has 106 valence electrons. The van der Waals surface area contributed by atoms with Crippen molar-refractivity contribution in [1.82, 2.24) is 25.8 Å². The van der Waals surface area contributed by atoms with Gasteiger partial charge in [0.1, 0.15) is 11.5 Å². The first-order valence-corrected chi connectivity index (χ1v) is 6.25. The molecule has 1 aromatic carbocycles. The molecule has 0 unspecified atom stereocenters. The van der Waals surface area contributed by atoms with E-state index in [4.69, 9.17) is 16.1 Å². The van der Waals surface area contributed by atoms with Crippen LogP contribution in [0.5, 0.6) is 0 Å². The number of hydrogen-bond donors (Lipinski definition) is 1. The third-order valence-corrected chi connectivity index (χ3v) is 3.07. The minimum absolute atomic E-state index is 0.0642. The average molecular weight is 304 g/mol. The van der Waals surface area contributed by atoms with Gasteiger partial charge in [-0.2, -0.15) is 5.21 Å². The number of aromatic amines is 1. The molecule has 0 amide bonds. The highest BCUT2D eigenvalue weighted by molar-refractivity contribution is 6.33. The quantitative estimate of drug-likeness (QED) is 0.575. The second kappa shape index (κ2) is 5.33. The number of hydrogen-bond acceptors (Lipinski definition) is 7. The molecule has 0 atom stereocenters. The topological polar surface area (TPSA) is 116 Å². The molecular formula is C12H8ClN6O2-. The van der Waals surface area contributed by atoms with Crippen molar-refractivity contribution in [1.29, 1.82) is 0 Å². The van der Waals surface area contributed by atoms with Gasteiger partial charge in [-0.1, -0.05) is 40.1 Å². The van der Waals surface area contributed by atoms with Crippen molar-refractivity contribution in [3.63, 3.8) is 0 Å². The van der Waals surface area contributed by atoms with Crippen LogP contribution >= 0.6 is 11.6 Å². The maximum absolute atomic E-state index is 12.3. The third kappa shape index (κ3) is 2.48. The van der Waals surface area contributed by atoms with Crippen molar-refractivity contribution in [2.75, 3.05) is 0 Å². The summed E-state index contributed by atoms with van der Waals surface area (Å²) in [6.07, 6.45) is 0. The Hall–Kier alpha value is -2.74. The molecule has 2 aromatic heterocycles. The first-order chi connectivity index (χ1) is 10.2. The molecule has 0 aliphatic carbocycles. The van der Waals surface area contributed by atoms with Crippen LogP contribution in [0.3, 0.4) is 0 Å². The zero-order chi connectivity index (χ0) is 14.8. The SMILES string of the molecule is Cc1onc(-c2ccccc2Cl)c1C([O-])=Nc1nn[nH]n1. The van der Waals surface area contributed by atoms with Crippen molar-refractivity contribution in [2.24, 2.45) is 4.99 Å². The highest BCUT2D eigenvalue weighted by Crippen LogP contribution is 2.30. The first-order valence-electron chi connectivity index (χ1n) is 5.87. The van der Waals surface area contributed by atoms with E-state index in [1.54, 1.807) is 31.2 Å². The smallest absolute Gasteiger partial charge is 0.288 e. The van der Waals surface area contributed by atoms with Crippen LogP contribution in [0.15, 0.2) is 33.8 Å². The maximum atomic E-state index is 12.3. The number of benzene rings is 1. The Bertz CT molecular complexity index is 796. The van der Waals surface area contributed by atoms with Crippen LogP contribution in [0.4, 0.5) is 5.95 Å². The second-order valence-electron chi connectivity index (χ2n) is 4.07. The summed E-state index contributed by atoms with van der Waals surface area (Å²) in [5.41, 5.74) is 1.13. The number of aliphatic imine (C=N–C) groups is 1. The van der Waals surface area contributed by atoms with Crippen molar-refractivity contribution in [2.45, 2.75) is 6.92 Å². The van der Waals surface area contributed by atoms with Gasteiger partial charge < -0.3 is 9.63 Å². The fraction of sp³-hybridized carbons (Fsp3) is 0.0833. The standard InChI is InChI=1S/C12H9ClN6O2/c1-6-9(11(20)14-12-15-18-19-16-12)10(17-21-6)7-4-2-3-5-8(7)13/h2-5H,1H3,(H2,14,15,16,18,19,20)/p-1. The molecule has 21 heavy (non-hydrogen) atoms. The van der Waals surface area contributed by atoms with Crippen molar-refractivity contribution in [3.05, 3.63) is 40.6 Å². The minimum Gasteiger partial charge on any atom is -0.858 e. The Morgan fingerprint density at radius 2 is 2.19 bits per heavy atom. The predicted octanol–water partition coefficient (Wildman–Crippen LogP) is 1.26. The summed E-state index contributed by atoms with van der Waals surface area (Å²) >= 11 is 6.12. The summed E-state index contributed by atoms with van der Waals surface area (Å²) in [6.45, 7) is 1.62. The van der Waals surface area contributed by atoms with E-state index >= 15 is 0 Å². The Morgan fingerprint density at radius 1 is 1.38 bits per heavy atom. The fourth-order valence-electron chi connectivity index (χ4n) is 1.81. The molecule has 9 heteroatoms. The summed E-state index contributed by atoms with van der Waals surface area (Å²) in [4.78, 5) is 3.74. The zero-order valence-electron chi connectivity index (χ0n) is 10.7. The van der Waals surface area contributed by atoms with Gasteiger partial charge in [-0.15, -0.1) is 5.10 Å². The average Bonchev–Trinajstić information content (AvgIpc) is 3.09. The molecule has 1 N–H and O–H groups in total. The van der Waals surface area contributed by atoms with Gasteiger partial charge >= 0.3 is 0 Å². The van der Waals surface area contributed by atoms with E-state index in [0.717, 1.165) is 0 Å². The summed E-state index contributed by atoms with van der Waals surface area (Å²) in [5, 5.41) is 29.4. The lowest BCUT2D eigenvalue weighted by Gasteiger charge is -2.10. The molecule has 0 spiro atoms. The van der Waals surface area contributed by atoms with Gasteiger partial charge in [0, 0.05) is 11.5 Å². The Balaban J connectivity index is 2.12. The molecule has 3 rings (SSSR count). The molecule has 3 aromatic rings. The summed E-state index contributed by atoms with van der Waals surface area (Å²) in [6, 6.07) is 7.01. The first kappa shape index (κ1) is 13.3. The molecule has 0 saturated heterocycles. The van der Waals surface area contributed by atoms with E-state index in [9.17, 15) is 5.11 Å². The van der Waals surface area contributed by atoms with Crippen LogP contribution in [-0.4, -0.2) is 31.7 Å². The van der Waals surface area contributed by atoms with E-state index < -0.39 is 5.90 Å². The highest BCUT2D eigenvalue weighted by Gasteiger charge is 2.17. The lowest BCUT2D eigenvalue weighted by Crippen LogP contribution is -2.20. The Morgan fingerprint density at radius 3 is 2.90 bits per heavy atom. The molecule has 0 fully saturated rings. The largest absolute Gasteiger partial charge is 0.858 e. The number of halogens is 1. The van der Waals surface area contributed by atoms with Gasteiger partial charge in [-0.3, -0.25) is 0 Å². The monoisotopic (exact) mass is 303 g/mol. The van der Waals surface area contributed by atoms with Gasteiger partial charge in [0.25, 0.3) is 5.95 Å². The van der Waals surface area contributed by atoms with Gasteiger partial charge in [-0.05, 0) is 18.2 Å². The summed E-state index contributed by atoms with van der Waals surface area (Å²) < 4.78 is 5.09. The van der Waals surface area contributed by atoms with Crippen molar-refractivity contribution >= 4 is 23.4 Å². The van der Waals surface area contributed by atoms with E-state index in [2.05, 4.69) is 30.8 Å². The molecule has 8 nitrogen and oxygen atoms in total. The van der Waals surface area contributed by atoms with Gasteiger partial charge in [-0.25, -0.2) is 4.99 Å². The number of rotatable bonds is 3. The summed E-state index contributed by atoms with van der Waals surface area (Å²) in [5.74, 6) is -0.307. The number of tetrazole rings is 1. The molecule has 2 heterocycles. The number of nitrogens with zero attached hydrogens (tertiary/aromatic N) is 5. The predicted molar refractivity (Wildman–Crippen MR) is 72.1 cm³/mol. The van der Waals surface area contributed by atoms with Crippen LogP contribution in [0.1, 0.15) is 11.3 Å². The number of H-pyrrole nitrogens is 1. The second-order valence-corrected chi connectivity index (χ2v) is 4.48. The minimum atomic E-state index is -0.579. The van der Waals surface area contributed by atoms with Crippen LogP contribution in [0.2, 0.25) is 5.02 Å². The van der Waals surface area contributed by atoms with E-state index in [1.165, 1.54) is 0 Å². The van der Waals surface area contributed by atoms with Crippen molar-refractivity contribution in [3.8, 4) is 11.3 Å². The number of aryl methyl sites for hydroxylation is 1. The third-order valence-electron chi connectivity index (χ3n) is 2.74. The van der Waals surface area contributed by atoms with Crippen molar-refractivity contribution < 1.29 is 9.63 Å². The molecular weight excluding hydrogens is 296 g/mol. The van der Waals surface area contributed by atoms with Crippen LogP contribution in [0, 0.1) is 6.92 Å². The number of aromatic nitrogens is 5. The van der Waals surface area contributed by atoms with E-state index in [-0.39, 0.29) is 11.5 Å². The van der Waals surface area contributed by atoms with Gasteiger partial charge in [0.05, 0.1) is 10.6 Å². The fourth-order valence-corrected chi connectivity index (χ4v) is 2.04. The Kier molecular flexibility index (Phi) is 3.36. The Labute approximate surface area is 123 Å². The lowest BCUT2D eigenvalue weighted by atomic mass is 10.1. The van der Waals surface area contributed by atoms with E-state index in [0.29, 0.717) is 22.0 Å². The van der Waals surface area contributed by atoms with Crippen LogP contribution in [-0.2, 0) is 0 Å². The molecule has 0 aliphatic rings. The number of nitrogens with one attached hydrogen (secondary N) is 1. The highest BCUT2D eigenvalue weighted by atomic mass is 35.5. The maximum Gasteiger partial charge on any atom is 0.288 e. The molecule has 0 bridgehead atoms. The van der Waals surface area contributed by atoms with Crippen LogP contribution < -0.4 is 5.11 Å². The van der Waals surface area contributed by atoms with Crippen LogP contribution in [0.25, 0.3) is 11.3 Å². The molecule has 0 saturated carbocycles.